The summed E-state index contributed by atoms with van der Waals surface area (Å²) in [5.41, 5.74) is 10.4. The van der Waals surface area contributed by atoms with E-state index >= 15 is 0 Å². The first-order valence-electron chi connectivity index (χ1n) is 19.0. The van der Waals surface area contributed by atoms with Crippen LogP contribution in [0.3, 0.4) is 0 Å². The number of fused-ring (bicyclic) bond motifs is 9. The van der Waals surface area contributed by atoms with Gasteiger partial charge in [-0.15, -0.1) is 11.3 Å². The first-order valence-corrected chi connectivity index (χ1v) is 19.8. The molecule has 4 aromatic heterocycles. The summed E-state index contributed by atoms with van der Waals surface area (Å²) in [5, 5.41) is 7.01. The van der Waals surface area contributed by atoms with E-state index in [-0.39, 0.29) is 0 Å². The fourth-order valence-corrected chi connectivity index (χ4v) is 9.65. The Kier molecular flexibility index (Phi) is 7.03. The van der Waals surface area contributed by atoms with Crippen molar-refractivity contribution in [1.82, 2.24) is 19.5 Å². The maximum absolute atomic E-state index is 6.52. The van der Waals surface area contributed by atoms with E-state index in [0.29, 0.717) is 17.5 Å². The zero-order chi connectivity index (χ0) is 37.5. The zero-order valence-corrected chi connectivity index (χ0v) is 31.2. The van der Waals surface area contributed by atoms with Gasteiger partial charge in [0, 0.05) is 53.0 Å². The van der Waals surface area contributed by atoms with Crippen LogP contribution in [0.2, 0.25) is 0 Å². The van der Waals surface area contributed by atoms with Gasteiger partial charge in [0.2, 0.25) is 0 Å². The van der Waals surface area contributed by atoms with Gasteiger partial charge >= 0.3 is 0 Å². The van der Waals surface area contributed by atoms with Gasteiger partial charge in [0.15, 0.2) is 17.5 Å². The topological polar surface area (TPSA) is 56.7 Å². The molecule has 0 unspecified atom stereocenters. The monoisotopic (exact) mass is 746 g/mol. The molecule has 5 nitrogen and oxygen atoms in total. The van der Waals surface area contributed by atoms with Crippen LogP contribution < -0.4 is 0 Å². The van der Waals surface area contributed by atoms with Crippen molar-refractivity contribution < 1.29 is 4.42 Å². The minimum atomic E-state index is 0.654. The van der Waals surface area contributed by atoms with Crippen LogP contribution in [0.25, 0.3) is 115 Å². The van der Waals surface area contributed by atoms with Crippen LogP contribution in [-0.4, -0.2) is 19.5 Å². The molecule has 0 saturated heterocycles. The summed E-state index contributed by atoms with van der Waals surface area (Å²) in [4.78, 5) is 15.1. The van der Waals surface area contributed by atoms with Crippen LogP contribution in [-0.2, 0) is 0 Å². The summed E-state index contributed by atoms with van der Waals surface area (Å²) in [5.74, 6) is 1.97. The highest BCUT2D eigenvalue weighted by atomic mass is 32.1. The average molecular weight is 747 g/mol. The Labute approximate surface area is 330 Å². The fraction of sp³-hybridized carbons (Fsp3) is 0. The number of hydrogen-bond donors (Lipinski definition) is 0. The Morgan fingerprint density at radius 1 is 0.386 bits per heavy atom. The third-order valence-corrected chi connectivity index (χ3v) is 12.2. The highest BCUT2D eigenvalue weighted by molar-refractivity contribution is 7.26. The van der Waals surface area contributed by atoms with Gasteiger partial charge in [0.25, 0.3) is 0 Å². The van der Waals surface area contributed by atoms with Gasteiger partial charge in [-0.25, -0.2) is 15.0 Å². The first-order chi connectivity index (χ1) is 28.2. The van der Waals surface area contributed by atoms with E-state index in [1.165, 1.54) is 36.6 Å². The number of aromatic nitrogens is 4. The lowest BCUT2D eigenvalue weighted by Gasteiger charge is -2.10. The summed E-state index contributed by atoms with van der Waals surface area (Å²) in [6, 6.07) is 63.8. The molecule has 0 atom stereocenters. The normalized spacial score (nSPS) is 11.9. The highest BCUT2D eigenvalue weighted by Gasteiger charge is 2.20. The van der Waals surface area contributed by atoms with E-state index < -0.39 is 0 Å². The molecule has 8 aromatic carbocycles. The molecular weight excluding hydrogens is 717 g/mol. The second kappa shape index (κ2) is 12.6. The third-order valence-electron chi connectivity index (χ3n) is 11.1. The number of para-hydroxylation sites is 2. The van der Waals surface area contributed by atoms with E-state index in [1.807, 2.05) is 60.7 Å². The molecule has 0 radical (unpaired) electrons. The van der Waals surface area contributed by atoms with Gasteiger partial charge in [0.05, 0.1) is 22.1 Å². The molecular formula is C51H30N4OS. The van der Waals surface area contributed by atoms with E-state index in [2.05, 4.69) is 126 Å². The Morgan fingerprint density at radius 3 is 1.72 bits per heavy atom. The molecule has 0 spiro atoms. The Hall–Kier alpha value is -7.41. The SMILES string of the molecule is c1ccc(-c2nc(-c3ccccc3)nc(-c3cccc4sc5cc(-c6ccc7oc8cccc(-n9c%10ccccc%10c%10ccccc%109)c8c7c6)ccc5c34)n2)cc1. The molecule has 0 fully saturated rings. The third kappa shape index (κ3) is 5.04. The van der Waals surface area contributed by atoms with E-state index in [9.17, 15) is 0 Å². The van der Waals surface area contributed by atoms with Crippen molar-refractivity contribution in [3.05, 3.63) is 182 Å². The molecule has 0 amide bonds. The van der Waals surface area contributed by atoms with Gasteiger partial charge in [-0.2, -0.15) is 0 Å². The van der Waals surface area contributed by atoms with Gasteiger partial charge in [-0.3, -0.25) is 0 Å². The standard InChI is InChI=1S/C51H30N4OS/c1-3-13-31(14-4-1)49-52-50(32-15-5-2-6-16-32)54-51(53-49)38-19-11-24-45-47(38)37-27-25-34(30-46(37)57-45)33-26-28-43-39(29-33)48-42(22-12-23-44(48)56-43)55-40-20-9-7-17-35(40)36-18-8-10-21-41(36)55/h1-30H. The lowest BCUT2D eigenvalue weighted by atomic mass is 9.99. The van der Waals surface area contributed by atoms with Crippen molar-refractivity contribution in [2.24, 2.45) is 0 Å². The summed E-state index contributed by atoms with van der Waals surface area (Å²) >= 11 is 1.80. The molecule has 12 rings (SSSR count). The molecule has 0 aliphatic rings. The second-order valence-corrected chi connectivity index (χ2v) is 15.4. The molecule has 0 saturated carbocycles. The lowest BCUT2D eigenvalue weighted by molar-refractivity contribution is 0.669. The van der Waals surface area contributed by atoms with Crippen molar-refractivity contribution in [3.8, 4) is 51.0 Å². The Balaban J connectivity index is 1.01. The van der Waals surface area contributed by atoms with Crippen molar-refractivity contribution in [3.63, 3.8) is 0 Å². The maximum atomic E-state index is 6.52. The number of benzene rings is 8. The van der Waals surface area contributed by atoms with Crippen molar-refractivity contribution >= 4 is 75.3 Å². The predicted molar refractivity (Wildman–Crippen MR) is 236 cm³/mol. The molecule has 12 aromatic rings. The number of rotatable bonds is 5. The Bertz CT molecular complexity index is 3420. The number of hydrogen-bond acceptors (Lipinski definition) is 5. The predicted octanol–water partition coefficient (Wildman–Crippen LogP) is 13.9. The highest BCUT2D eigenvalue weighted by Crippen LogP contribution is 2.43. The minimum absolute atomic E-state index is 0.654. The van der Waals surface area contributed by atoms with Crippen molar-refractivity contribution in [2.45, 2.75) is 0 Å². The second-order valence-electron chi connectivity index (χ2n) is 14.4. The fourth-order valence-electron chi connectivity index (χ4n) is 8.48. The number of thiophene rings is 1. The van der Waals surface area contributed by atoms with Crippen LogP contribution in [0.15, 0.2) is 186 Å². The van der Waals surface area contributed by atoms with Crippen LogP contribution >= 0.6 is 11.3 Å². The van der Waals surface area contributed by atoms with Crippen LogP contribution in [0.1, 0.15) is 0 Å². The zero-order valence-electron chi connectivity index (χ0n) is 30.4. The Morgan fingerprint density at radius 2 is 1.00 bits per heavy atom. The average Bonchev–Trinajstić information content (AvgIpc) is 3.96. The van der Waals surface area contributed by atoms with Crippen molar-refractivity contribution in [1.29, 1.82) is 0 Å². The minimum Gasteiger partial charge on any atom is -0.456 e. The van der Waals surface area contributed by atoms with Crippen molar-refractivity contribution in [2.75, 3.05) is 0 Å². The van der Waals surface area contributed by atoms with E-state index in [0.717, 1.165) is 60.8 Å². The summed E-state index contributed by atoms with van der Waals surface area (Å²) < 4.78 is 11.3. The molecule has 57 heavy (non-hydrogen) atoms. The van der Waals surface area contributed by atoms with Gasteiger partial charge in [0.1, 0.15) is 11.2 Å². The molecule has 6 heteroatoms. The van der Waals surface area contributed by atoms with E-state index in [4.69, 9.17) is 19.4 Å². The number of nitrogens with zero attached hydrogens (tertiary/aromatic N) is 4. The van der Waals surface area contributed by atoms with Crippen LogP contribution in [0.5, 0.6) is 0 Å². The molecule has 4 heterocycles. The summed E-state index contributed by atoms with van der Waals surface area (Å²) in [6.45, 7) is 0. The maximum Gasteiger partial charge on any atom is 0.164 e. The van der Waals surface area contributed by atoms with Crippen LogP contribution in [0, 0.1) is 0 Å². The lowest BCUT2D eigenvalue weighted by Crippen LogP contribution is -2.00. The van der Waals surface area contributed by atoms with Crippen LogP contribution in [0.4, 0.5) is 0 Å². The largest absolute Gasteiger partial charge is 0.456 e. The van der Waals surface area contributed by atoms with Gasteiger partial charge in [-0.05, 0) is 59.7 Å². The van der Waals surface area contributed by atoms with Gasteiger partial charge in [-0.1, -0.05) is 133 Å². The first kappa shape index (κ1) is 31.9. The summed E-state index contributed by atoms with van der Waals surface area (Å²) in [6.07, 6.45) is 0. The molecule has 0 bridgehead atoms. The summed E-state index contributed by atoms with van der Waals surface area (Å²) in [7, 11) is 0. The smallest absolute Gasteiger partial charge is 0.164 e. The molecule has 266 valence electrons. The molecule has 0 N–H and O–H groups in total. The number of furan rings is 1. The van der Waals surface area contributed by atoms with E-state index in [1.54, 1.807) is 11.3 Å². The quantitative estimate of drug-likeness (QED) is 0.176. The molecule has 0 aliphatic carbocycles. The molecule has 0 aliphatic heterocycles. The van der Waals surface area contributed by atoms with Gasteiger partial charge < -0.3 is 8.98 Å².